The van der Waals surface area contributed by atoms with Crippen molar-refractivity contribution >= 4 is 11.6 Å². The summed E-state index contributed by atoms with van der Waals surface area (Å²) in [4.78, 5) is 0. The molecule has 0 spiro atoms. The number of hydrogen-bond donors (Lipinski definition) is 0. The highest BCUT2D eigenvalue weighted by molar-refractivity contribution is 5.75. The van der Waals surface area contributed by atoms with Crippen molar-refractivity contribution in [1.82, 2.24) is 0 Å². The summed E-state index contributed by atoms with van der Waals surface area (Å²) in [5.74, 6) is 0. The summed E-state index contributed by atoms with van der Waals surface area (Å²) in [6.45, 7) is 2.18. The minimum atomic E-state index is 1.01. The summed E-state index contributed by atoms with van der Waals surface area (Å²) >= 11 is 0. The van der Waals surface area contributed by atoms with Crippen LogP contribution in [-0.4, -0.2) is 0 Å². The Balaban J connectivity index is 1.35. The van der Waals surface area contributed by atoms with E-state index in [9.17, 15) is 0 Å². The van der Waals surface area contributed by atoms with Crippen molar-refractivity contribution in [3.63, 3.8) is 0 Å². The lowest BCUT2D eigenvalue weighted by Gasteiger charge is -2.10. The molecule has 0 fully saturated rings. The Labute approximate surface area is 161 Å². The van der Waals surface area contributed by atoms with Gasteiger partial charge in [-0.15, -0.1) is 0 Å². The second-order valence-electron chi connectivity index (χ2n) is 7.91. The quantitative estimate of drug-likeness (QED) is 0.516. The molecule has 2 aliphatic carbocycles. The Morgan fingerprint density at radius 2 is 1.59 bits per heavy atom. The molecule has 0 N–H and O–H groups in total. The third-order valence-corrected chi connectivity index (χ3v) is 5.82. The van der Waals surface area contributed by atoms with Gasteiger partial charge in [-0.3, -0.25) is 0 Å². The van der Waals surface area contributed by atoms with Crippen LogP contribution in [0.4, 0.5) is 0 Å². The van der Waals surface area contributed by atoms with Crippen molar-refractivity contribution in [2.24, 2.45) is 0 Å². The van der Waals surface area contributed by atoms with Gasteiger partial charge in [0.05, 0.1) is 0 Å². The summed E-state index contributed by atoms with van der Waals surface area (Å²) in [7, 11) is 0. The van der Waals surface area contributed by atoms with Crippen molar-refractivity contribution < 1.29 is 0 Å². The van der Waals surface area contributed by atoms with E-state index in [0.29, 0.717) is 0 Å². The molecule has 0 aromatic heterocycles. The van der Waals surface area contributed by atoms with Crippen LogP contribution < -0.4 is 0 Å². The highest BCUT2D eigenvalue weighted by atomic mass is 14.2. The van der Waals surface area contributed by atoms with E-state index in [1.807, 2.05) is 0 Å². The first-order valence-corrected chi connectivity index (χ1v) is 9.90. The van der Waals surface area contributed by atoms with Crippen LogP contribution in [0.2, 0.25) is 0 Å². The zero-order chi connectivity index (χ0) is 18.2. The number of aryl methyl sites for hydroxylation is 1. The molecule has 0 unspecified atom stereocenters. The molecule has 0 heterocycles. The van der Waals surface area contributed by atoms with Crippen LogP contribution in [0.15, 0.2) is 72.8 Å². The van der Waals surface area contributed by atoms with Crippen LogP contribution in [0.1, 0.15) is 44.5 Å². The molecule has 27 heavy (non-hydrogen) atoms. The van der Waals surface area contributed by atoms with Crippen molar-refractivity contribution in [2.75, 3.05) is 0 Å². The minimum absolute atomic E-state index is 1.01. The number of allylic oxidation sites excluding steroid dienone is 3. The molecule has 0 heteroatoms. The number of hydrogen-bond acceptors (Lipinski definition) is 0. The van der Waals surface area contributed by atoms with E-state index in [-0.39, 0.29) is 0 Å². The predicted molar refractivity (Wildman–Crippen MR) is 115 cm³/mol. The van der Waals surface area contributed by atoms with E-state index in [2.05, 4.69) is 85.8 Å². The predicted octanol–water partition coefficient (Wildman–Crippen LogP) is 6.34. The molecule has 0 nitrogen and oxygen atoms in total. The van der Waals surface area contributed by atoms with Gasteiger partial charge in [0, 0.05) is 0 Å². The molecule has 5 rings (SSSR count). The van der Waals surface area contributed by atoms with E-state index in [0.717, 1.165) is 25.7 Å². The molecule has 3 aromatic rings. The average Bonchev–Trinajstić information content (AvgIpc) is 3.29. The lowest BCUT2D eigenvalue weighted by atomic mass is 9.95. The van der Waals surface area contributed by atoms with Gasteiger partial charge in [-0.2, -0.15) is 0 Å². The Kier molecular flexibility index (Phi) is 4.05. The van der Waals surface area contributed by atoms with E-state index < -0.39 is 0 Å². The molecular formula is C27H24. The summed E-state index contributed by atoms with van der Waals surface area (Å²) in [6, 6.07) is 22.9. The fourth-order valence-corrected chi connectivity index (χ4v) is 4.40. The van der Waals surface area contributed by atoms with Gasteiger partial charge in [0.2, 0.25) is 0 Å². The molecule has 0 saturated heterocycles. The largest absolute Gasteiger partial charge is 0.0795 e. The first kappa shape index (κ1) is 16.3. The normalized spacial score (nSPS) is 14.2. The molecule has 0 aliphatic heterocycles. The number of benzene rings is 3. The van der Waals surface area contributed by atoms with Crippen molar-refractivity contribution in [2.45, 2.75) is 32.6 Å². The van der Waals surface area contributed by atoms with Gasteiger partial charge < -0.3 is 0 Å². The van der Waals surface area contributed by atoms with E-state index >= 15 is 0 Å². The van der Waals surface area contributed by atoms with Crippen LogP contribution in [0.25, 0.3) is 11.6 Å². The molecule has 0 atom stereocenters. The maximum absolute atomic E-state index is 2.41. The van der Waals surface area contributed by atoms with Crippen LogP contribution >= 0.6 is 0 Å². The lowest BCUT2D eigenvalue weighted by molar-refractivity contribution is 1.15. The Bertz CT molecular complexity index is 1080. The van der Waals surface area contributed by atoms with Gasteiger partial charge in [0.1, 0.15) is 0 Å². The standard InChI is InChI=1S/C27H24/c1-19-8-10-24-12-13-26(27(24)14-19)18-21-5-2-4-20(15-21)16-22-9-11-23-6-3-7-25(23)17-22/h2-6,8-11,13-15,17H,7,12,16,18H2,1H3. The lowest BCUT2D eigenvalue weighted by Crippen LogP contribution is -1.94. The zero-order valence-electron chi connectivity index (χ0n) is 15.8. The van der Waals surface area contributed by atoms with Crippen molar-refractivity contribution in [3.05, 3.63) is 117 Å². The molecule has 0 amide bonds. The minimum Gasteiger partial charge on any atom is -0.0795 e. The van der Waals surface area contributed by atoms with Crippen molar-refractivity contribution in [3.8, 4) is 0 Å². The molecular weight excluding hydrogens is 324 g/mol. The average molecular weight is 348 g/mol. The Morgan fingerprint density at radius 3 is 2.52 bits per heavy atom. The SMILES string of the molecule is Cc1ccc2c(c1)C(Cc1cccc(Cc3ccc4c(c3)CC=C4)c1)=CC2. The molecule has 2 aliphatic rings. The number of rotatable bonds is 4. The van der Waals surface area contributed by atoms with Crippen LogP contribution in [-0.2, 0) is 25.7 Å². The molecule has 132 valence electrons. The third-order valence-electron chi connectivity index (χ3n) is 5.82. The molecule has 0 radical (unpaired) electrons. The molecule has 0 bridgehead atoms. The highest BCUT2D eigenvalue weighted by Gasteiger charge is 2.14. The summed E-state index contributed by atoms with van der Waals surface area (Å²) in [6.07, 6.45) is 11.1. The first-order chi connectivity index (χ1) is 13.2. The first-order valence-electron chi connectivity index (χ1n) is 9.90. The zero-order valence-corrected chi connectivity index (χ0v) is 15.8. The monoisotopic (exact) mass is 348 g/mol. The highest BCUT2D eigenvalue weighted by Crippen LogP contribution is 2.31. The van der Waals surface area contributed by atoms with E-state index in [4.69, 9.17) is 0 Å². The molecule has 3 aromatic carbocycles. The second-order valence-corrected chi connectivity index (χ2v) is 7.91. The van der Waals surface area contributed by atoms with Gasteiger partial charge in [-0.1, -0.05) is 84.5 Å². The fourth-order valence-electron chi connectivity index (χ4n) is 4.40. The summed E-state index contributed by atoms with van der Waals surface area (Å²) < 4.78 is 0. The van der Waals surface area contributed by atoms with Crippen LogP contribution in [0.3, 0.4) is 0 Å². The van der Waals surface area contributed by atoms with Gasteiger partial charge in [0.15, 0.2) is 0 Å². The molecule has 0 saturated carbocycles. The van der Waals surface area contributed by atoms with E-state index in [1.165, 1.54) is 50.1 Å². The summed E-state index contributed by atoms with van der Waals surface area (Å²) in [5, 5.41) is 0. The van der Waals surface area contributed by atoms with Gasteiger partial charge >= 0.3 is 0 Å². The smallest absolute Gasteiger partial charge is 0.00227 e. The third kappa shape index (κ3) is 3.28. The van der Waals surface area contributed by atoms with Crippen LogP contribution in [0.5, 0.6) is 0 Å². The van der Waals surface area contributed by atoms with Crippen LogP contribution in [0, 0.1) is 6.92 Å². The Hall–Kier alpha value is -2.86. The van der Waals surface area contributed by atoms with Gasteiger partial charge in [0.25, 0.3) is 0 Å². The topological polar surface area (TPSA) is 0 Å². The van der Waals surface area contributed by atoms with Gasteiger partial charge in [-0.05, 0) is 77.1 Å². The Morgan fingerprint density at radius 1 is 0.741 bits per heavy atom. The van der Waals surface area contributed by atoms with Crippen molar-refractivity contribution in [1.29, 1.82) is 0 Å². The number of fused-ring (bicyclic) bond motifs is 2. The fraction of sp³-hybridized carbons (Fsp3) is 0.185. The maximum atomic E-state index is 2.41. The second kappa shape index (κ2) is 6.70. The van der Waals surface area contributed by atoms with E-state index in [1.54, 1.807) is 0 Å². The maximum Gasteiger partial charge on any atom is -0.00227 e. The van der Waals surface area contributed by atoms with Gasteiger partial charge in [-0.25, -0.2) is 0 Å². The summed E-state index contributed by atoms with van der Waals surface area (Å²) in [5.41, 5.74) is 12.8.